The highest BCUT2D eigenvalue weighted by Crippen LogP contribution is 2.11. The van der Waals surface area contributed by atoms with E-state index in [2.05, 4.69) is 15.5 Å². The van der Waals surface area contributed by atoms with Gasteiger partial charge in [0.05, 0.1) is 0 Å². The van der Waals surface area contributed by atoms with Gasteiger partial charge in [-0.3, -0.25) is 4.79 Å². The van der Waals surface area contributed by atoms with Crippen LogP contribution in [0.1, 0.15) is 36.5 Å². The molecule has 2 amide bonds. The molecule has 0 spiro atoms. The summed E-state index contributed by atoms with van der Waals surface area (Å²) in [6.45, 7) is 5.58. The number of nitrogens with zero attached hydrogens (tertiary/aromatic N) is 1. The maximum absolute atomic E-state index is 11.8. The lowest BCUT2D eigenvalue weighted by atomic mass is 10.1. The molecule has 1 heterocycles. The minimum Gasteiger partial charge on any atom is -0.338 e. The first-order valence-electron chi connectivity index (χ1n) is 7.53. The largest absolute Gasteiger partial charge is 0.338 e. The van der Waals surface area contributed by atoms with Gasteiger partial charge in [0, 0.05) is 17.8 Å². The number of nitrogens with one attached hydrogen (secondary N) is 2. The number of hydrogen-bond acceptors (Lipinski definition) is 3. The average Bonchev–Trinajstić information content (AvgIpc) is 2.97. The lowest BCUT2D eigenvalue weighted by Crippen LogP contribution is -2.31. The molecule has 0 unspecified atom stereocenters. The van der Waals surface area contributed by atoms with E-state index in [1.807, 2.05) is 0 Å². The van der Waals surface area contributed by atoms with E-state index in [9.17, 15) is 9.59 Å². The first kappa shape index (κ1) is 15.5. The van der Waals surface area contributed by atoms with Crippen molar-refractivity contribution >= 4 is 17.5 Å². The Morgan fingerprint density at radius 3 is 2.71 bits per heavy atom. The lowest BCUT2D eigenvalue weighted by Gasteiger charge is -2.14. The highest BCUT2D eigenvalue weighted by atomic mass is 16.2. The molecule has 1 aromatic carbocycles. The average molecular weight is 289 g/mol. The SMILES string of the molecule is CC(=O)c1cccc(NC(=O)NCCCN2CCCC2)c1. The topological polar surface area (TPSA) is 61.4 Å². The minimum atomic E-state index is -0.225. The van der Waals surface area contributed by atoms with Gasteiger partial charge in [0.1, 0.15) is 0 Å². The summed E-state index contributed by atoms with van der Waals surface area (Å²) in [7, 11) is 0. The van der Waals surface area contributed by atoms with Gasteiger partial charge < -0.3 is 15.5 Å². The molecule has 1 aliphatic rings. The number of anilines is 1. The fourth-order valence-corrected chi connectivity index (χ4v) is 2.50. The summed E-state index contributed by atoms with van der Waals surface area (Å²) < 4.78 is 0. The van der Waals surface area contributed by atoms with Crippen molar-refractivity contribution in [2.75, 3.05) is 31.5 Å². The molecule has 0 bridgehead atoms. The van der Waals surface area contributed by atoms with Gasteiger partial charge in [-0.1, -0.05) is 12.1 Å². The molecule has 0 radical (unpaired) electrons. The van der Waals surface area contributed by atoms with E-state index in [0.29, 0.717) is 17.8 Å². The zero-order valence-corrected chi connectivity index (χ0v) is 12.5. The molecule has 2 rings (SSSR count). The van der Waals surface area contributed by atoms with Crippen LogP contribution in [0.4, 0.5) is 10.5 Å². The van der Waals surface area contributed by atoms with Crippen molar-refractivity contribution in [2.24, 2.45) is 0 Å². The van der Waals surface area contributed by atoms with Crippen molar-refractivity contribution in [1.29, 1.82) is 0 Å². The second-order valence-corrected chi connectivity index (χ2v) is 5.42. The number of Topliss-reactive ketones (excluding diaryl/α,β-unsaturated/α-hetero) is 1. The van der Waals surface area contributed by atoms with Crippen molar-refractivity contribution in [3.8, 4) is 0 Å². The van der Waals surface area contributed by atoms with Crippen LogP contribution in [0.15, 0.2) is 24.3 Å². The van der Waals surface area contributed by atoms with Gasteiger partial charge in [-0.25, -0.2) is 4.79 Å². The number of benzene rings is 1. The Kier molecular flexibility index (Phi) is 5.75. The van der Waals surface area contributed by atoms with Gasteiger partial charge in [0.15, 0.2) is 5.78 Å². The summed E-state index contributed by atoms with van der Waals surface area (Å²) in [4.78, 5) is 25.5. The molecule has 0 atom stereocenters. The lowest BCUT2D eigenvalue weighted by molar-refractivity contribution is 0.101. The molecule has 0 aliphatic carbocycles. The third-order valence-corrected chi connectivity index (χ3v) is 3.66. The van der Waals surface area contributed by atoms with Crippen LogP contribution in [-0.2, 0) is 0 Å². The quantitative estimate of drug-likeness (QED) is 0.625. The number of carbonyl (C=O) groups is 2. The molecule has 1 fully saturated rings. The van der Waals surface area contributed by atoms with Crippen LogP contribution in [-0.4, -0.2) is 42.9 Å². The van der Waals surface area contributed by atoms with E-state index in [1.165, 1.54) is 32.9 Å². The van der Waals surface area contributed by atoms with Crippen LogP contribution in [0.3, 0.4) is 0 Å². The van der Waals surface area contributed by atoms with Crippen LogP contribution >= 0.6 is 0 Å². The Hall–Kier alpha value is -1.88. The molecule has 5 heteroatoms. The number of urea groups is 1. The number of likely N-dealkylation sites (tertiary alicyclic amines) is 1. The van der Waals surface area contributed by atoms with E-state index in [1.54, 1.807) is 24.3 Å². The maximum Gasteiger partial charge on any atom is 0.319 e. The van der Waals surface area contributed by atoms with Gasteiger partial charge in [0.25, 0.3) is 0 Å². The van der Waals surface area contributed by atoms with Crippen LogP contribution in [0.25, 0.3) is 0 Å². The monoisotopic (exact) mass is 289 g/mol. The summed E-state index contributed by atoms with van der Waals surface area (Å²) in [5, 5.41) is 5.59. The standard InChI is InChI=1S/C16H23N3O2/c1-13(20)14-6-4-7-15(12-14)18-16(21)17-8-5-11-19-9-2-3-10-19/h4,6-7,12H,2-3,5,8-11H2,1H3,(H2,17,18,21). The molecule has 0 aromatic heterocycles. The highest BCUT2D eigenvalue weighted by molar-refractivity contribution is 5.96. The van der Waals surface area contributed by atoms with Gasteiger partial charge in [-0.15, -0.1) is 0 Å². The van der Waals surface area contributed by atoms with Crippen molar-refractivity contribution in [3.63, 3.8) is 0 Å². The molecular weight excluding hydrogens is 266 g/mol. The zero-order chi connectivity index (χ0) is 15.1. The number of ketones is 1. The van der Waals surface area contributed by atoms with E-state index in [0.717, 1.165) is 13.0 Å². The smallest absolute Gasteiger partial charge is 0.319 e. The summed E-state index contributed by atoms with van der Waals surface area (Å²) >= 11 is 0. The van der Waals surface area contributed by atoms with Crippen molar-refractivity contribution in [2.45, 2.75) is 26.2 Å². The summed E-state index contributed by atoms with van der Waals surface area (Å²) in [6.07, 6.45) is 3.54. The molecule has 1 aliphatic heterocycles. The number of rotatable bonds is 6. The second-order valence-electron chi connectivity index (χ2n) is 5.42. The molecule has 114 valence electrons. The number of hydrogen-bond donors (Lipinski definition) is 2. The summed E-state index contributed by atoms with van der Waals surface area (Å²) in [5.41, 5.74) is 1.24. The Morgan fingerprint density at radius 1 is 1.24 bits per heavy atom. The molecule has 5 nitrogen and oxygen atoms in total. The highest BCUT2D eigenvalue weighted by Gasteiger charge is 2.10. The van der Waals surface area contributed by atoms with Gasteiger partial charge in [0.2, 0.25) is 0 Å². The molecule has 0 saturated carbocycles. The van der Waals surface area contributed by atoms with Crippen molar-refractivity contribution in [1.82, 2.24) is 10.2 Å². The summed E-state index contributed by atoms with van der Waals surface area (Å²) in [5.74, 6) is -0.00956. The van der Waals surface area contributed by atoms with Crippen molar-refractivity contribution < 1.29 is 9.59 Å². The first-order chi connectivity index (χ1) is 10.1. The van der Waals surface area contributed by atoms with Gasteiger partial charge >= 0.3 is 6.03 Å². The Morgan fingerprint density at radius 2 is 2.00 bits per heavy atom. The third kappa shape index (κ3) is 5.19. The zero-order valence-electron chi connectivity index (χ0n) is 12.5. The van der Waals surface area contributed by atoms with Crippen LogP contribution in [0, 0.1) is 0 Å². The predicted octanol–water partition coefficient (Wildman–Crippen LogP) is 2.50. The fourth-order valence-electron chi connectivity index (χ4n) is 2.50. The Balaban J connectivity index is 1.69. The van der Waals surface area contributed by atoms with Gasteiger partial charge in [-0.2, -0.15) is 0 Å². The molecular formula is C16H23N3O2. The van der Waals surface area contributed by atoms with E-state index in [4.69, 9.17) is 0 Å². The number of carbonyl (C=O) groups excluding carboxylic acids is 2. The number of amides is 2. The van der Waals surface area contributed by atoms with E-state index in [-0.39, 0.29) is 11.8 Å². The first-order valence-corrected chi connectivity index (χ1v) is 7.53. The molecule has 2 N–H and O–H groups in total. The molecule has 1 saturated heterocycles. The van der Waals surface area contributed by atoms with E-state index < -0.39 is 0 Å². The van der Waals surface area contributed by atoms with Gasteiger partial charge in [-0.05, 0) is 58.0 Å². The minimum absolute atomic E-state index is 0.00956. The van der Waals surface area contributed by atoms with Crippen LogP contribution in [0.2, 0.25) is 0 Å². The Labute approximate surface area is 125 Å². The Bertz CT molecular complexity index is 496. The fraction of sp³-hybridized carbons (Fsp3) is 0.500. The molecule has 21 heavy (non-hydrogen) atoms. The normalized spacial score (nSPS) is 14.9. The second kappa shape index (κ2) is 7.78. The van der Waals surface area contributed by atoms with E-state index >= 15 is 0 Å². The van der Waals surface area contributed by atoms with Crippen LogP contribution in [0.5, 0.6) is 0 Å². The van der Waals surface area contributed by atoms with Crippen LogP contribution < -0.4 is 10.6 Å². The third-order valence-electron chi connectivity index (χ3n) is 3.66. The predicted molar refractivity (Wildman–Crippen MR) is 83.8 cm³/mol. The summed E-state index contributed by atoms with van der Waals surface area (Å²) in [6, 6.07) is 6.74. The maximum atomic E-state index is 11.8. The molecule has 1 aromatic rings. The van der Waals surface area contributed by atoms with Crippen molar-refractivity contribution in [3.05, 3.63) is 29.8 Å².